The highest BCUT2D eigenvalue weighted by Gasteiger charge is 2.43. The number of nitrogens with zero attached hydrogens (tertiary/aromatic N) is 2. The number of amides is 4. The number of rotatable bonds is 4. The van der Waals surface area contributed by atoms with Crippen molar-refractivity contribution in [3.8, 4) is 0 Å². The molecule has 0 atom stereocenters. The normalized spacial score (nSPS) is 17.0. The first kappa shape index (κ1) is 11.0. The molecule has 0 aromatic heterocycles. The van der Waals surface area contributed by atoms with Crippen LogP contribution in [0.2, 0.25) is 0 Å². The molecule has 0 radical (unpaired) electrons. The van der Waals surface area contributed by atoms with Crippen molar-refractivity contribution in [2.75, 3.05) is 13.1 Å². The average molecular weight is 198 g/mol. The first-order valence-electron chi connectivity index (χ1n) is 5.06. The van der Waals surface area contributed by atoms with Gasteiger partial charge in [-0.1, -0.05) is 27.7 Å². The Morgan fingerprint density at radius 2 is 1.14 bits per heavy atom. The van der Waals surface area contributed by atoms with Crippen molar-refractivity contribution < 1.29 is 9.59 Å². The van der Waals surface area contributed by atoms with E-state index in [0.717, 1.165) is 0 Å². The van der Waals surface area contributed by atoms with Gasteiger partial charge in [0.2, 0.25) is 0 Å². The fourth-order valence-electron chi connectivity index (χ4n) is 1.45. The number of hydrogen-bond donors (Lipinski definition) is 0. The summed E-state index contributed by atoms with van der Waals surface area (Å²) in [5.41, 5.74) is 0. The van der Waals surface area contributed by atoms with Crippen LogP contribution in [0.25, 0.3) is 0 Å². The minimum absolute atomic E-state index is 0.141. The molecular formula is C10H18N2O2. The van der Waals surface area contributed by atoms with Crippen molar-refractivity contribution in [3.63, 3.8) is 0 Å². The summed E-state index contributed by atoms with van der Waals surface area (Å²) in [6, 6.07) is -0.283. The summed E-state index contributed by atoms with van der Waals surface area (Å²) in [6.45, 7) is 9.03. The molecule has 0 bridgehead atoms. The van der Waals surface area contributed by atoms with E-state index < -0.39 is 0 Å². The van der Waals surface area contributed by atoms with Crippen LogP contribution in [0, 0.1) is 11.8 Å². The van der Waals surface area contributed by atoms with Crippen LogP contribution in [0.1, 0.15) is 27.7 Å². The minimum atomic E-state index is -0.141. The summed E-state index contributed by atoms with van der Waals surface area (Å²) in [5, 5.41) is 0. The van der Waals surface area contributed by atoms with Gasteiger partial charge in [0, 0.05) is 13.1 Å². The third-order valence-corrected chi connectivity index (χ3v) is 2.02. The van der Waals surface area contributed by atoms with Gasteiger partial charge in [-0.25, -0.2) is 19.4 Å². The van der Waals surface area contributed by atoms with Gasteiger partial charge in [-0.3, -0.25) is 0 Å². The van der Waals surface area contributed by atoms with E-state index >= 15 is 0 Å². The number of carbonyl (C=O) groups is 2. The predicted molar refractivity (Wildman–Crippen MR) is 53.9 cm³/mol. The highest BCUT2D eigenvalue weighted by molar-refractivity contribution is 6.11. The molecule has 14 heavy (non-hydrogen) atoms. The Bertz CT molecular complexity index is 211. The van der Waals surface area contributed by atoms with Gasteiger partial charge in [0.1, 0.15) is 0 Å². The summed E-state index contributed by atoms with van der Waals surface area (Å²) in [7, 11) is 0. The second-order valence-electron chi connectivity index (χ2n) is 4.57. The lowest BCUT2D eigenvalue weighted by Crippen LogP contribution is -2.65. The lowest BCUT2D eigenvalue weighted by Gasteiger charge is -2.40. The van der Waals surface area contributed by atoms with Gasteiger partial charge in [0.05, 0.1) is 0 Å². The maximum atomic E-state index is 11.5. The summed E-state index contributed by atoms with van der Waals surface area (Å²) in [6.07, 6.45) is 0. The molecule has 4 heteroatoms. The van der Waals surface area contributed by atoms with Crippen LogP contribution in [-0.2, 0) is 0 Å². The monoisotopic (exact) mass is 198 g/mol. The Hall–Kier alpha value is -1.06. The van der Waals surface area contributed by atoms with Gasteiger partial charge in [0.25, 0.3) is 0 Å². The van der Waals surface area contributed by atoms with Crippen molar-refractivity contribution >= 4 is 12.1 Å². The SMILES string of the molecule is CC(C)CN1C(=O)N(CC(C)C)C1=O. The third-order valence-electron chi connectivity index (χ3n) is 2.02. The molecule has 0 spiro atoms. The Labute approximate surface area is 84.9 Å². The lowest BCUT2D eigenvalue weighted by molar-refractivity contribution is 0.0957. The summed E-state index contributed by atoms with van der Waals surface area (Å²) < 4.78 is 0. The van der Waals surface area contributed by atoms with Gasteiger partial charge < -0.3 is 0 Å². The molecule has 0 N–H and O–H groups in total. The Kier molecular flexibility index (Phi) is 3.13. The fraction of sp³-hybridized carbons (Fsp3) is 0.800. The molecule has 1 fully saturated rings. The first-order chi connectivity index (χ1) is 6.43. The summed E-state index contributed by atoms with van der Waals surface area (Å²) in [5.74, 6) is 0.674. The zero-order chi connectivity index (χ0) is 10.9. The Morgan fingerprint density at radius 3 is 1.36 bits per heavy atom. The van der Waals surface area contributed by atoms with Gasteiger partial charge >= 0.3 is 12.1 Å². The average Bonchev–Trinajstić information content (AvgIpc) is 2.09. The van der Waals surface area contributed by atoms with Crippen molar-refractivity contribution in [2.45, 2.75) is 27.7 Å². The van der Waals surface area contributed by atoms with E-state index in [4.69, 9.17) is 0 Å². The quantitative estimate of drug-likeness (QED) is 0.694. The number of carbonyl (C=O) groups excluding carboxylic acids is 2. The molecule has 1 heterocycles. The zero-order valence-corrected chi connectivity index (χ0v) is 9.28. The van der Waals surface area contributed by atoms with Crippen LogP contribution in [0.15, 0.2) is 0 Å². The zero-order valence-electron chi connectivity index (χ0n) is 9.28. The highest BCUT2D eigenvalue weighted by Crippen LogP contribution is 2.19. The lowest BCUT2D eigenvalue weighted by atomic mass is 10.1. The maximum absolute atomic E-state index is 11.5. The summed E-state index contributed by atoms with van der Waals surface area (Å²) >= 11 is 0. The number of urea groups is 2. The van der Waals surface area contributed by atoms with Crippen LogP contribution in [0.4, 0.5) is 9.59 Å². The van der Waals surface area contributed by atoms with E-state index in [1.54, 1.807) is 0 Å². The van der Waals surface area contributed by atoms with Gasteiger partial charge in [0.15, 0.2) is 0 Å². The standard InChI is InChI=1S/C10H18N2O2/c1-7(2)5-11-9(13)12(10(11)14)6-8(3)4/h7-8H,5-6H2,1-4H3. The van der Waals surface area contributed by atoms with E-state index in [1.165, 1.54) is 9.80 Å². The molecular weight excluding hydrogens is 180 g/mol. The van der Waals surface area contributed by atoms with Crippen molar-refractivity contribution in [2.24, 2.45) is 11.8 Å². The van der Waals surface area contributed by atoms with E-state index in [9.17, 15) is 9.59 Å². The van der Waals surface area contributed by atoms with Crippen LogP contribution in [0.5, 0.6) is 0 Å². The van der Waals surface area contributed by atoms with Crippen molar-refractivity contribution in [1.82, 2.24) is 9.80 Å². The molecule has 0 unspecified atom stereocenters. The van der Waals surface area contributed by atoms with Crippen LogP contribution < -0.4 is 0 Å². The maximum Gasteiger partial charge on any atom is 0.336 e. The first-order valence-corrected chi connectivity index (χ1v) is 5.06. The molecule has 4 nitrogen and oxygen atoms in total. The Morgan fingerprint density at radius 1 is 0.857 bits per heavy atom. The van der Waals surface area contributed by atoms with E-state index in [2.05, 4.69) is 0 Å². The third kappa shape index (κ3) is 2.05. The van der Waals surface area contributed by atoms with Gasteiger partial charge in [-0.2, -0.15) is 0 Å². The molecule has 80 valence electrons. The van der Waals surface area contributed by atoms with Crippen LogP contribution in [-0.4, -0.2) is 35.0 Å². The van der Waals surface area contributed by atoms with Crippen LogP contribution >= 0.6 is 0 Å². The summed E-state index contributed by atoms with van der Waals surface area (Å²) in [4.78, 5) is 25.6. The topological polar surface area (TPSA) is 40.6 Å². The smallest absolute Gasteiger partial charge is 0.247 e. The van der Waals surface area contributed by atoms with E-state index in [0.29, 0.717) is 24.9 Å². The molecule has 1 saturated heterocycles. The molecule has 0 saturated carbocycles. The Balaban J connectivity index is 2.49. The molecule has 0 aromatic carbocycles. The second-order valence-corrected chi connectivity index (χ2v) is 4.57. The van der Waals surface area contributed by atoms with Gasteiger partial charge in [-0.15, -0.1) is 0 Å². The molecule has 1 aliphatic heterocycles. The number of imide groups is 2. The number of hydrogen-bond acceptors (Lipinski definition) is 2. The van der Waals surface area contributed by atoms with Crippen LogP contribution in [0.3, 0.4) is 0 Å². The molecule has 1 aliphatic rings. The highest BCUT2D eigenvalue weighted by atomic mass is 16.2. The molecule has 0 aliphatic carbocycles. The largest absolute Gasteiger partial charge is 0.336 e. The van der Waals surface area contributed by atoms with Crippen molar-refractivity contribution in [1.29, 1.82) is 0 Å². The molecule has 1 rings (SSSR count). The second kappa shape index (κ2) is 3.98. The minimum Gasteiger partial charge on any atom is -0.247 e. The fourth-order valence-corrected chi connectivity index (χ4v) is 1.45. The van der Waals surface area contributed by atoms with Gasteiger partial charge in [-0.05, 0) is 11.8 Å². The van der Waals surface area contributed by atoms with E-state index in [-0.39, 0.29) is 12.1 Å². The molecule has 0 aromatic rings. The van der Waals surface area contributed by atoms with Crippen molar-refractivity contribution in [3.05, 3.63) is 0 Å². The molecule has 4 amide bonds. The van der Waals surface area contributed by atoms with E-state index in [1.807, 2.05) is 27.7 Å². The predicted octanol–water partition coefficient (Wildman–Crippen LogP) is 2.16.